The standard InChI is InChI=1S/C11H12Cl2N2O4S4/c12-22(16,17)9(23(13,18)19)3-1-2-6-4-7(14)5-8-10(6)15-11(20)21-8/h4-5,9H,1-3,14H2,(H,15,20). The van der Waals surface area contributed by atoms with Gasteiger partial charge in [-0.15, -0.1) is 11.3 Å². The van der Waals surface area contributed by atoms with Crippen LogP contribution in [0.1, 0.15) is 18.4 Å². The lowest BCUT2D eigenvalue weighted by Gasteiger charge is -2.10. The number of benzene rings is 1. The summed E-state index contributed by atoms with van der Waals surface area (Å²) in [6.07, 6.45) is 0.440. The van der Waals surface area contributed by atoms with Gasteiger partial charge in [-0.3, -0.25) is 0 Å². The molecular formula is C11H12Cl2N2O4S4. The minimum Gasteiger partial charge on any atom is -0.399 e. The molecule has 0 saturated heterocycles. The molecule has 0 bridgehead atoms. The minimum absolute atomic E-state index is 0.209. The molecular weight excluding hydrogens is 423 g/mol. The average molecular weight is 435 g/mol. The van der Waals surface area contributed by atoms with E-state index in [2.05, 4.69) is 4.98 Å². The molecule has 3 N–H and O–H groups in total. The topological polar surface area (TPSA) is 110 Å². The van der Waals surface area contributed by atoms with Crippen molar-refractivity contribution in [3.8, 4) is 0 Å². The fourth-order valence-corrected chi connectivity index (χ4v) is 8.01. The number of thiazole rings is 1. The number of nitrogens with one attached hydrogen (secondary N) is 1. The fraction of sp³-hybridized carbons (Fsp3) is 0.364. The van der Waals surface area contributed by atoms with E-state index in [-0.39, 0.29) is 12.8 Å². The maximum absolute atomic E-state index is 11.4. The number of rotatable bonds is 6. The quantitative estimate of drug-likeness (QED) is 0.409. The molecule has 12 heteroatoms. The van der Waals surface area contributed by atoms with Gasteiger partial charge in [0.15, 0.2) is 8.54 Å². The zero-order chi connectivity index (χ0) is 17.4. The lowest BCUT2D eigenvalue weighted by molar-refractivity contribution is 0.581. The van der Waals surface area contributed by atoms with Gasteiger partial charge in [0, 0.05) is 27.1 Å². The monoisotopic (exact) mass is 434 g/mol. The van der Waals surface area contributed by atoms with E-state index in [0.29, 0.717) is 16.1 Å². The number of anilines is 1. The number of fused-ring (bicyclic) bond motifs is 1. The van der Waals surface area contributed by atoms with E-state index in [1.807, 2.05) is 0 Å². The Morgan fingerprint density at radius 1 is 1.22 bits per heavy atom. The third-order valence-corrected chi connectivity index (χ3v) is 9.50. The van der Waals surface area contributed by atoms with Gasteiger partial charge in [-0.1, -0.05) is 0 Å². The van der Waals surface area contributed by atoms with Crippen LogP contribution in [0.15, 0.2) is 12.1 Å². The van der Waals surface area contributed by atoms with Crippen LogP contribution in [-0.2, 0) is 24.5 Å². The summed E-state index contributed by atoms with van der Waals surface area (Å²) in [5, 5.41) is 0. The molecule has 0 unspecified atom stereocenters. The summed E-state index contributed by atoms with van der Waals surface area (Å²) in [6.45, 7) is 0. The van der Waals surface area contributed by atoms with Crippen molar-refractivity contribution < 1.29 is 16.8 Å². The van der Waals surface area contributed by atoms with E-state index in [0.717, 1.165) is 15.8 Å². The van der Waals surface area contributed by atoms with Crippen LogP contribution in [-0.4, -0.2) is 26.4 Å². The Bertz CT molecular complexity index is 963. The Morgan fingerprint density at radius 2 is 1.83 bits per heavy atom. The molecule has 1 aromatic carbocycles. The highest BCUT2D eigenvalue weighted by Crippen LogP contribution is 2.28. The molecule has 0 atom stereocenters. The van der Waals surface area contributed by atoms with Crippen molar-refractivity contribution in [3.05, 3.63) is 21.7 Å². The molecule has 0 fully saturated rings. The Labute approximate surface area is 151 Å². The molecule has 6 nitrogen and oxygen atoms in total. The minimum atomic E-state index is -4.32. The Balaban J connectivity index is 2.23. The van der Waals surface area contributed by atoms with E-state index in [4.69, 9.17) is 39.3 Å². The number of hydrogen-bond donors (Lipinski definition) is 2. The molecule has 0 radical (unpaired) electrons. The van der Waals surface area contributed by atoms with Gasteiger partial charge in [0.25, 0.3) is 18.1 Å². The normalized spacial score (nSPS) is 13.0. The molecule has 23 heavy (non-hydrogen) atoms. The lowest BCUT2D eigenvalue weighted by atomic mass is 10.1. The zero-order valence-electron chi connectivity index (χ0n) is 11.5. The highest BCUT2D eigenvalue weighted by atomic mass is 35.7. The summed E-state index contributed by atoms with van der Waals surface area (Å²) in [6, 6.07) is 3.52. The first-order valence-electron chi connectivity index (χ1n) is 6.26. The van der Waals surface area contributed by atoms with Gasteiger partial charge in [0.05, 0.1) is 10.2 Å². The van der Waals surface area contributed by atoms with Gasteiger partial charge in [-0.25, -0.2) is 16.8 Å². The third-order valence-electron chi connectivity index (χ3n) is 3.15. The van der Waals surface area contributed by atoms with Gasteiger partial charge < -0.3 is 10.7 Å². The van der Waals surface area contributed by atoms with Gasteiger partial charge >= 0.3 is 0 Å². The predicted octanol–water partition coefficient (Wildman–Crippen LogP) is 3.33. The lowest BCUT2D eigenvalue weighted by Crippen LogP contribution is -2.23. The number of nitrogens with two attached hydrogens (primary N) is 1. The van der Waals surface area contributed by atoms with Crippen LogP contribution in [0.5, 0.6) is 0 Å². The van der Waals surface area contributed by atoms with Crippen LogP contribution in [0, 0.1) is 3.95 Å². The first-order valence-corrected chi connectivity index (χ1v) is 12.2. The second-order valence-corrected chi connectivity index (χ2v) is 12.5. The van der Waals surface area contributed by atoms with E-state index < -0.39 is 22.7 Å². The first kappa shape index (κ1) is 18.9. The van der Waals surface area contributed by atoms with Crippen molar-refractivity contribution in [1.82, 2.24) is 4.98 Å². The Morgan fingerprint density at radius 3 is 2.39 bits per heavy atom. The smallest absolute Gasteiger partial charge is 0.251 e. The van der Waals surface area contributed by atoms with Crippen LogP contribution >= 0.6 is 44.9 Å². The second-order valence-electron chi connectivity index (χ2n) is 4.84. The van der Waals surface area contributed by atoms with Crippen LogP contribution in [0.25, 0.3) is 10.2 Å². The number of hydrogen-bond acceptors (Lipinski definition) is 7. The van der Waals surface area contributed by atoms with Crippen LogP contribution < -0.4 is 5.73 Å². The Hall–Kier alpha value is -0.390. The molecule has 0 aliphatic heterocycles. The number of aryl methyl sites for hydroxylation is 1. The van der Waals surface area contributed by atoms with Crippen LogP contribution in [0.4, 0.5) is 5.69 Å². The number of aromatic amines is 1. The van der Waals surface area contributed by atoms with Gasteiger partial charge in [0.2, 0.25) is 0 Å². The average Bonchev–Trinajstić information content (AvgIpc) is 2.71. The largest absolute Gasteiger partial charge is 0.399 e. The van der Waals surface area contributed by atoms with E-state index in [9.17, 15) is 16.8 Å². The van der Waals surface area contributed by atoms with E-state index in [1.165, 1.54) is 11.3 Å². The van der Waals surface area contributed by atoms with Gasteiger partial charge in [-0.2, -0.15) is 0 Å². The van der Waals surface area contributed by atoms with Gasteiger partial charge in [0.1, 0.15) is 0 Å². The van der Waals surface area contributed by atoms with E-state index in [1.54, 1.807) is 12.1 Å². The summed E-state index contributed by atoms with van der Waals surface area (Å²) in [5.41, 5.74) is 8.01. The third kappa shape index (κ3) is 4.80. The van der Waals surface area contributed by atoms with Crippen LogP contribution in [0.2, 0.25) is 0 Å². The molecule has 0 aliphatic carbocycles. The molecule has 2 rings (SSSR count). The van der Waals surface area contributed by atoms with Crippen molar-refractivity contribution in [3.63, 3.8) is 0 Å². The highest BCUT2D eigenvalue weighted by molar-refractivity contribution is 8.28. The molecule has 0 amide bonds. The Kier molecular flexibility index (Phi) is 5.64. The molecule has 0 aliphatic rings. The van der Waals surface area contributed by atoms with Crippen molar-refractivity contribution in [2.24, 2.45) is 0 Å². The van der Waals surface area contributed by atoms with Crippen molar-refractivity contribution >= 4 is 78.9 Å². The van der Waals surface area contributed by atoms with Crippen LogP contribution in [0.3, 0.4) is 0 Å². The SMILES string of the molecule is Nc1cc(CCCC(S(=O)(=O)Cl)S(=O)(=O)Cl)c2[nH]c(=S)sc2c1. The molecule has 2 aromatic rings. The first-order chi connectivity index (χ1) is 10.5. The zero-order valence-corrected chi connectivity index (χ0v) is 16.2. The summed E-state index contributed by atoms with van der Waals surface area (Å²) in [7, 11) is 1.68. The molecule has 1 aromatic heterocycles. The molecule has 128 valence electrons. The summed E-state index contributed by atoms with van der Waals surface area (Å²) >= 11 is 6.47. The molecule has 1 heterocycles. The maximum atomic E-state index is 11.4. The van der Waals surface area contributed by atoms with Gasteiger partial charge in [-0.05, 0) is 49.2 Å². The van der Waals surface area contributed by atoms with Crippen molar-refractivity contribution in [1.29, 1.82) is 0 Å². The predicted molar refractivity (Wildman–Crippen MR) is 97.7 cm³/mol. The summed E-state index contributed by atoms with van der Waals surface area (Å²) < 4.78 is 45.1. The maximum Gasteiger partial charge on any atom is 0.251 e. The van der Waals surface area contributed by atoms with E-state index >= 15 is 0 Å². The van der Waals surface area contributed by atoms with Crippen molar-refractivity contribution in [2.45, 2.75) is 23.8 Å². The highest BCUT2D eigenvalue weighted by Gasteiger charge is 2.34. The number of aromatic nitrogens is 1. The number of nitrogen functional groups attached to an aromatic ring is 1. The number of halogens is 2. The summed E-state index contributed by atoms with van der Waals surface area (Å²) in [5.74, 6) is 0. The second kappa shape index (κ2) is 6.85. The molecule has 0 spiro atoms. The number of H-pyrrole nitrogens is 1. The molecule has 0 saturated carbocycles. The fourth-order valence-electron chi connectivity index (χ4n) is 2.22. The summed E-state index contributed by atoms with van der Waals surface area (Å²) in [4.78, 5) is 3.04. The van der Waals surface area contributed by atoms with Crippen molar-refractivity contribution in [2.75, 3.05) is 5.73 Å².